The van der Waals surface area contributed by atoms with E-state index >= 15 is 0 Å². The van der Waals surface area contributed by atoms with E-state index in [9.17, 15) is 4.79 Å². The fourth-order valence-corrected chi connectivity index (χ4v) is 4.70. The molecule has 174 valence electrons. The monoisotopic (exact) mass is 536 g/mol. The van der Waals surface area contributed by atoms with Crippen LogP contribution in [0.1, 0.15) is 27.8 Å². The van der Waals surface area contributed by atoms with Crippen LogP contribution in [0, 0.1) is 13.8 Å². The third kappa shape index (κ3) is 6.30. The van der Waals surface area contributed by atoms with Gasteiger partial charge >= 0.3 is 0 Å². The Kier molecular flexibility index (Phi) is 7.75. The van der Waals surface area contributed by atoms with Gasteiger partial charge in [-0.15, -0.1) is 0 Å². The molecule has 0 bridgehead atoms. The minimum Gasteiger partial charge on any atom is -0.493 e. The van der Waals surface area contributed by atoms with E-state index in [1.807, 2.05) is 48.5 Å². The second-order valence-corrected chi connectivity index (χ2v) is 9.95. The highest BCUT2D eigenvalue weighted by molar-refractivity contribution is 9.10. The van der Waals surface area contributed by atoms with Gasteiger partial charge < -0.3 is 14.8 Å². The predicted octanol–water partition coefficient (Wildman–Crippen LogP) is 6.41. The maximum Gasteiger partial charge on any atom is 0.264 e. The highest BCUT2D eigenvalue weighted by Gasteiger charge is 2.23. The molecule has 0 aromatic heterocycles. The number of benzene rings is 3. The van der Waals surface area contributed by atoms with Crippen LogP contribution >= 0.6 is 27.7 Å². The summed E-state index contributed by atoms with van der Waals surface area (Å²) >= 11 is 4.78. The van der Waals surface area contributed by atoms with Crippen LogP contribution in [-0.4, -0.2) is 18.2 Å². The molecule has 5 nitrogen and oxygen atoms in total. The van der Waals surface area contributed by atoms with Gasteiger partial charge in [0.2, 0.25) is 0 Å². The summed E-state index contributed by atoms with van der Waals surface area (Å²) in [6, 6.07) is 20.0. The van der Waals surface area contributed by atoms with Crippen molar-refractivity contribution in [2.24, 2.45) is 4.99 Å². The number of rotatable bonds is 7. The van der Waals surface area contributed by atoms with Crippen LogP contribution in [-0.2, 0) is 17.9 Å². The van der Waals surface area contributed by atoms with Gasteiger partial charge in [-0.1, -0.05) is 63.5 Å². The van der Waals surface area contributed by atoms with E-state index in [1.54, 1.807) is 7.11 Å². The molecular formula is C27H25BrN2O3S. The van der Waals surface area contributed by atoms with Crippen LogP contribution in [0.3, 0.4) is 0 Å². The molecule has 1 fully saturated rings. The van der Waals surface area contributed by atoms with Crippen molar-refractivity contribution in [1.82, 2.24) is 5.32 Å². The number of nitrogens with zero attached hydrogens (tertiary/aromatic N) is 1. The molecule has 1 heterocycles. The third-order valence-corrected chi connectivity index (χ3v) is 6.61. The first-order chi connectivity index (χ1) is 16.4. The van der Waals surface area contributed by atoms with Gasteiger partial charge in [0.15, 0.2) is 16.7 Å². The second-order valence-electron chi connectivity index (χ2n) is 8.01. The number of carbonyl (C=O) groups excluding carboxylic acids is 1. The molecule has 7 heteroatoms. The Hall–Kier alpha value is -3.03. The standard InChI is InChI=1S/C27H25BrN2O3S/c1-17-10-18(2)12-21(11-17)15-29-27-30-26(31)25(34-27)14-20-6-9-23(24(13-20)32-3)33-16-19-4-7-22(28)8-5-19/h4-14H,15-16H2,1-3H3,(H,29,30,31)/b25-14-. The van der Waals surface area contributed by atoms with Crippen LogP contribution in [0.5, 0.6) is 11.5 Å². The number of ether oxygens (including phenoxy) is 2. The lowest BCUT2D eigenvalue weighted by molar-refractivity contribution is -0.115. The lowest BCUT2D eigenvalue weighted by Crippen LogP contribution is -2.19. The van der Waals surface area contributed by atoms with E-state index in [1.165, 1.54) is 22.9 Å². The first-order valence-electron chi connectivity index (χ1n) is 10.8. The zero-order valence-corrected chi connectivity index (χ0v) is 21.6. The Morgan fingerprint density at radius 3 is 2.41 bits per heavy atom. The first kappa shape index (κ1) is 24.1. The molecule has 1 amide bonds. The zero-order valence-electron chi connectivity index (χ0n) is 19.2. The van der Waals surface area contributed by atoms with Crippen LogP contribution in [0.2, 0.25) is 0 Å². The number of aliphatic imine (C=N–C) groups is 1. The number of aryl methyl sites for hydroxylation is 2. The third-order valence-electron chi connectivity index (χ3n) is 5.13. The Bertz CT molecular complexity index is 1250. The van der Waals surface area contributed by atoms with Gasteiger partial charge in [-0.05, 0) is 72.6 Å². The normalized spacial score (nSPS) is 15.6. The quantitative estimate of drug-likeness (QED) is 0.354. The van der Waals surface area contributed by atoms with E-state index in [0.29, 0.717) is 34.7 Å². The van der Waals surface area contributed by atoms with Gasteiger partial charge in [-0.25, -0.2) is 0 Å². The van der Waals surface area contributed by atoms with Gasteiger partial charge in [0.25, 0.3) is 5.91 Å². The highest BCUT2D eigenvalue weighted by Crippen LogP contribution is 2.32. The summed E-state index contributed by atoms with van der Waals surface area (Å²) in [5.74, 6) is 1.10. The van der Waals surface area contributed by atoms with Crippen LogP contribution < -0.4 is 14.8 Å². The van der Waals surface area contributed by atoms with Gasteiger partial charge in [0, 0.05) is 4.47 Å². The fraction of sp³-hybridized carbons (Fsp3) is 0.185. The van der Waals surface area contributed by atoms with Crippen molar-refractivity contribution < 1.29 is 14.3 Å². The summed E-state index contributed by atoms with van der Waals surface area (Å²) in [5, 5.41) is 3.46. The number of halogens is 1. The van der Waals surface area contributed by atoms with E-state index in [-0.39, 0.29) is 5.91 Å². The predicted molar refractivity (Wildman–Crippen MR) is 142 cm³/mol. The first-order valence-corrected chi connectivity index (χ1v) is 12.4. The van der Waals surface area contributed by atoms with Crippen LogP contribution in [0.15, 0.2) is 75.0 Å². The van der Waals surface area contributed by atoms with E-state index < -0.39 is 0 Å². The molecule has 0 saturated carbocycles. The van der Waals surface area contributed by atoms with Crippen molar-refractivity contribution in [1.29, 1.82) is 0 Å². The van der Waals surface area contributed by atoms with Gasteiger partial charge in [0.05, 0.1) is 18.6 Å². The molecule has 3 aromatic carbocycles. The molecule has 0 atom stereocenters. The molecular weight excluding hydrogens is 512 g/mol. The van der Waals surface area contributed by atoms with E-state index in [2.05, 4.69) is 58.3 Å². The van der Waals surface area contributed by atoms with Crippen molar-refractivity contribution in [3.05, 3.63) is 97.9 Å². The number of thioether (sulfide) groups is 1. The van der Waals surface area contributed by atoms with E-state index in [0.717, 1.165) is 21.2 Å². The summed E-state index contributed by atoms with van der Waals surface area (Å²) < 4.78 is 12.5. The van der Waals surface area contributed by atoms with Gasteiger partial charge in [-0.3, -0.25) is 9.79 Å². The molecule has 1 N–H and O–H groups in total. The van der Waals surface area contributed by atoms with Crippen LogP contribution in [0.25, 0.3) is 6.08 Å². The maximum absolute atomic E-state index is 12.5. The Morgan fingerprint density at radius 1 is 0.971 bits per heavy atom. The smallest absolute Gasteiger partial charge is 0.264 e. The summed E-state index contributed by atoms with van der Waals surface area (Å²) in [6.45, 7) is 5.10. The average molecular weight is 537 g/mol. The maximum atomic E-state index is 12.5. The Morgan fingerprint density at radius 2 is 1.71 bits per heavy atom. The summed E-state index contributed by atoms with van der Waals surface area (Å²) in [6.07, 6.45) is 1.83. The number of carbonyl (C=O) groups is 1. The summed E-state index contributed by atoms with van der Waals surface area (Å²) in [5.41, 5.74) is 5.44. The second kappa shape index (κ2) is 10.9. The zero-order chi connectivity index (χ0) is 24.1. The molecule has 1 aliphatic rings. The van der Waals surface area contributed by atoms with Gasteiger partial charge in [-0.2, -0.15) is 0 Å². The van der Waals surface area contributed by atoms with Crippen molar-refractivity contribution in [2.45, 2.75) is 27.0 Å². The molecule has 0 unspecified atom stereocenters. The summed E-state index contributed by atoms with van der Waals surface area (Å²) in [7, 11) is 1.60. The molecule has 0 aliphatic carbocycles. The largest absolute Gasteiger partial charge is 0.493 e. The number of hydrogen-bond acceptors (Lipinski definition) is 5. The molecule has 0 radical (unpaired) electrons. The lowest BCUT2D eigenvalue weighted by atomic mass is 10.1. The minimum atomic E-state index is -0.154. The molecule has 0 spiro atoms. The lowest BCUT2D eigenvalue weighted by Gasteiger charge is -2.11. The Balaban J connectivity index is 1.44. The molecule has 34 heavy (non-hydrogen) atoms. The van der Waals surface area contributed by atoms with Crippen molar-refractivity contribution in [3.8, 4) is 11.5 Å². The fourth-order valence-electron chi connectivity index (χ4n) is 3.61. The molecule has 1 saturated heterocycles. The summed E-state index contributed by atoms with van der Waals surface area (Å²) in [4.78, 5) is 17.6. The van der Waals surface area contributed by atoms with E-state index in [4.69, 9.17) is 9.47 Å². The van der Waals surface area contributed by atoms with Crippen LogP contribution in [0.4, 0.5) is 0 Å². The number of methoxy groups -OCH3 is 1. The molecule has 3 aromatic rings. The number of amidine groups is 1. The molecule has 1 aliphatic heterocycles. The van der Waals surface area contributed by atoms with Crippen molar-refractivity contribution in [3.63, 3.8) is 0 Å². The van der Waals surface area contributed by atoms with Crippen molar-refractivity contribution in [2.75, 3.05) is 7.11 Å². The highest BCUT2D eigenvalue weighted by atomic mass is 79.9. The number of nitrogens with one attached hydrogen (secondary N) is 1. The Labute approximate surface area is 212 Å². The minimum absolute atomic E-state index is 0.154. The SMILES string of the molecule is COc1cc(/C=C2\SC(=NCc3cc(C)cc(C)c3)NC2=O)ccc1OCc1ccc(Br)cc1. The number of amides is 1. The molecule has 4 rings (SSSR count). The topological polar surface area (TPSA) is 59.9 Å². The van der Waals surface area contributed by atoms with Gasteiger partial charge in [0.1, 0.15) is 6.61 Å². The van der Waals surface area contributed by atoms with Crippen molar-refractivity contribution >= 4 is 44.8 Å². The average Bonchev–Trinajstić information content (AvgIpc) is 3.16. The number of hydrogen-bond donors (Lipinski definition) is 1.